The number of para-hydroxylation sites is 1. The molecule has 3 rings (SSSR count). The van der Waals surface area contributed by atoms with Gasteiger partial charge in [-0.15, -0.1) is 5.10 Å². The minimum Gasteiger partial charge on any atom is -0.380 e. The average Bonchev–Trinajstić information content (AvgIpc) is 2.91. The lowest BCUT2D eigenvalue weighted by atomic mass is 10.2. The molecule has 1 aromatic carbocycles. The Bertz CT molecular complexity index is 611. The third kappa shape index (κ3) is 2.95. The van der Waals surface area contributed by atoms with E-state index in [9.17, 15) is 4.79 Å². The molecule has 110 valence electrons. The molecule has 0 saturated carbocycles. The predicted octanol–water partition coefficient (Wildman–Crippen LogP) is 1.52. The first-order valence-electron chi connectivity index (χ1n) is 7.11. The molecule has 1 aliphatic heterocycles. The SMILES string of the molecule is CC1CCOCCN1C(=O)c1ncn(-c2ccccc2)n1. The van der Waals surface area contributed by atoms with Gasteiger partial charge in [0.05, 0.1) is 12.3 Å². The van der Waals surface area contributed by atoms with Gasteiger partial charge in [-0.25, -0.2) is 9.67 Å². The molecule has 1 fully saturated rings. The van der Waals surface area contributed by atoms with E-state index in [2.05, 4.69) is 10.1 Å². The van der Waals surface area contributed by atoms with Crippen molar-refractivity contribution in [1.82, 2.24) is 19.7 Å². The van der Waals surface area contributed by atoms with Crippen molar-refractivity contribution < 1.29 is 9.53 Å². The molecule has 0 N–H and O–H groups in total. The van der Waals surface area contributed by atoms with Gasteiger partial charge in [0.25, 0.3) is 5.91 Å². The van der Waals surface area contributed by atoms with Gasteiger partial charge in [0.15, 0.2) is 0 Å². The topological polar surface area (TPSA) is 60.2 Å². The van der Waals surface area contributed by atoms with Crippen molar-refractivity contribution in [3.05, 3.63) is 42.5 Å². The number of rotatable bonds is 2. The van der Waals surface area contributed by atoms with E-state index in [4.69, 9.17) is 4.74 Å². The fraction of sp³-hybridized carbons (Fsp3) is 0.400. The van der Waals surface area contributed by atoms with Crippen molar-refractivity contribution in [2.75, 3.05) is 19.8 Å². The predicted molar refractivity (Wildman–Crippen MR) is 77.3 cm³/mol. The Kier molecular flexibility index (Phi) is 3.96. The standard InChI is InChI=1S/C15H18N4O2/c1-12-7-9-21-10-8-18(12)15(20)14-16-11-19(17-14)13-5-3-2-4-6-13/h2-6,11-12H,7-10H2,1H3. The fourth-order valence-electron chi connectivity index (χ4n) is 2.39. The van der Waals surface area contributed by atoms with Crippen molar-refractivity contribution >= 4 is 5.91 Å². The van der Waals surface area contributed by atoms with E-state index in [0.717, 1.165) is 12.1 Å². The van der Waals surface area contributed by atoms with Crippen molar-refractivity contribution in [2.45, 2.75) is 19.4 Å². The maximum Gasteiger partial charge on any atom is 0.293 e. The highest BCUT2D eigenvalue weighted by atomic mass is 16.5. The summed E-state index contributed by atoms with van der Waals surface area (Å²) in [6.07, 6.45) is 2.41. The van der Waals surface area contributed by atoms with Gasteiger partial charge in [0.2, 0.25) is 5.82 Å². The Labute approximate surface area is 123 Å². The zero-order valence-corrected chi connectivity index (χ0v) is 12.0. The summed E-state index contributed by atoms with van der Waals surface area (Å²) in [5, 5.41) is 4.29. The Morgan fingerprint density at radius 2 is 2.10 bits per heavy atom. The van der Waals surface area contributed by atoms with Crippen LogP contribution in [0.1, 0.15) is 24.0 Å². The van der Waals surface area contributed by atoms with Crippen molar-refractivity contribution in [3.8, 4) is 5.69 Å². The van der Waals surface area contributed by atoms with Crippen LogP contribution < -0.4 is 0 Å². The second-order valence-corrected chi connectivity index (χ2v) is 5.10. The first kappa shape index (κ1) is 13.8. The molecule has 6 nitrogen and oxygen atoms in total. The largest absolute Gasteiger partial charge is 0.380 e. The number of carbonyl (C=O) groups excluding carboxylic acids is 1. The highest BCUT2D eigenvalue weighted by molar-refractivity contribution is 5.90. The van der Waals surface area contributed by atoms with Crippen LogP contribution in [0.5, 0.6) is 0 Å². The van der Waals surface area contributed by atoms with E-state index in [0.29, 0.717) is 19.8 Å². The van der Waals surface area contributed by atoms with Gasteiger partial charge in [-0.05, 0) is 25.5 Å². The molecule has 0 bridgehead atoms. The van der Waals surface area contributed by atoms with Gasteiger partial charge in [0.1, 0.15) is 6.33 Å². The van der Waals surface area contributed by atoms with Crippen LogP contribution in [0, 0.1) is 0 Å². The van der Waals surface area contributed by atoms with Crippen LogP contribution in [0.4, 0.5) is 0 Å². The van der Waals surface area contributed by atoms with Crippen LogP contribution in [0.3, 0.4) is 0 Å². The molecule has 1 unspecified atom stereocenters. The molecule has 1 aromatic heterocycles. The van der Waals surface area contributed by atoms with E-state index in [1.54, 1.807) is 15.9 Å². The molecule has 0 aliphatic carbocycles. The first-order valence-corrected chi connectivity index (χ1v) is 7.11. The second-order valence-electron chi connectivity index (χ2n) is 5.10. The molecule has 0 radical (unpaired) electrons. The minimum atomic E-state index is -0.136. The van der Waals surface area contributed by atoms with Gasteiger partial charge in [-0.3, -0.25) is 4.79 Å². The van der Waals surface area contributed by atoms with Crippen LogP contribution in [-0.4, -0.2) is 51.4 Å². The first-order chi connectivity index (χ1) is 10.3. The Balaban J connectivity index is 1.80. The van der Waals surface area contributed by atoms with Crippen molar-refractivity contribution in [3.63, 3.8) is 0 Å². The van der Waals surface area contributed by atoms with E-state index in [1.165, 1.54) is 0 Å². The summed E-state index contributed by atoms with van der Waals surface area (Å²) >= 11 is 0. The molecule has 1 aliphatic rings. The maximum atomic E-state index is 12.5. The van der Waals surface area contributed by atoms with Crippen LogP contribution in [0.25, 0.3) is 5.69 Å². The summed E-state index contributed by atoms with van der Waals surface area (Å²) in [7, 11) is 0. The van der Waals surface area contributed by atoms with Crippen molar-refractivity contribution in [1.29, 1.82) is 0 Å². The molecule has 2 heterocycles. The summed E-state index contributed by atoms with van der Waals surface area (Å²) in [5.74, 6) is 0.0929. The molecule has 1 atom stereocenters. The monoisotopic (exact) mass is 286 g/mol. The van der Waals surface area contributed by atoms with Crippen LogP contribution in [-0.2, 0) is 4.74 Å². The van der Waals surface area contributed by atoms with E-state index >= 15 is 0 Å². The summed E-state index contributed by atoms with van der Waals surface area (Å²) in [4.78, 5) is 18.5. The van der Waals surface area contributed by atoms with Gasteiger partial charge in [-0.2, -0.15) is 0 Å². The van der Waals surface area contributed by atoms with Crippen LogP contribution in [0.2, 0.25) is 0 Å². The van der Waals surface area contributed by atoms with E-state index in [1.807, 2.05) is 37.3 Å². The number of nitrogens with zero attached hydrogens (tertiary/aromatic N) is 4. The molecular weight excluding hydrogens is 268 g/mol. The maximum absolute atomic E-state index is 12.5. The highest BCUT2D eigenvalue weighted by Crippen LogP contribution is 2.12. The zero-order valence-electron chi connectivity index (χ0n) is 12.0. The Morgan fingerprint density at radius 1 is 1.29 bits per heavy atom. The summed E-state index contributed by atoms with van der Waals surface area (Å²) < 4.78 is 7.03. The number of amides is 1. The number of hydrogen-bond acceptors (Lipinski definition) is 4. The number of aromatic nitrogens is 3. The summed E-state index contributed by atoms with van der Waals surface area (Å²) in [6, 6.07) is 9.77. The molecule has 0 spiro atoms. The molecular formula is C15H18N4O2. The van der Waals surface area contributed by atoms with E-state index < -0.39 is 0 Å². The molecule has 1 amide bonds. The Morgan fingerprint density at radius 3 is 2.90 bits per heavy atom. The average molecular weight is 286 g/mol. The summed E-state index contributed by atoms with van der Waals surface area (Å²) in [5.41, 5.74) is 0.885. The number of benzene rings is 1. The highest BCUT2D eigenvalue weighted by Gasteiger charge is 2.26. The minimum absolute atomic E-state index is 0.136. The lowest BCUT2D eigenvalue weighted by Gasteiger charge is -2.24. The lowest BCUT2D eigenvalue weighted by Crippen LogP contribution is -2.39. The van der Waals surface area contributed by atoms with E-state index in [-0.39, 0.29) is 17.8 Å². The number of ether oxygens (including phenoxy) is 1. The Hall–Kier alpha value is -2.21. The van der Waals surface area contributed by atoms with Crippen LogP contribution in [0.15, 0.2) is 36.7 Å². The van der Waals surface area contributed by atoms with Crippen LogP contribution >= 0.6 is 0 Å². The van der Waals surface area contributed by atoms with Gasteiger partial charge < -0.3 is 9.64 Å². The zero-order chi connectivity index (χ0) is 14.7. The summed E-state index contributed by atoms with van der Waals surface area (Å²) in [6.45, 7) is 3.87. The lowest BCUT2D eigenvalue weighted by molar-refractivity contribution is 0.0675. The van der Waals surface area contributed by atoms with Crippen molar-refractivity contribution in [2.24, 2.45) is 0 Å². The fourth-order valence-corrected chi connectivity index (χ4v) is 2.39. The molecule has 1 saturated heterocycles. The quantitative estimate of drug-likeness (QED) is 0.840. The molecule has 6 heteroatoms. The molecule has 21 heavy (non-hydrogen) atoms. The smallest absolute Gasteiger partial charge is 0.293 e. The third-order valence-corrected chi connectivity index (χ3v) is 3.65. The van der Waals surface area contributed by atoms with Gasteiger partial charge >= 0.3 is 0 Å². The molecule has 2 aromatic rings. The van der Waals surface area contributed by atoms with Gasteiger partial charge in [0, 0.05) is 19.2 Å². The number of carbonyl (C=O) groups is 1. The second kappa shape index (κ2) is 6.05. The third-order valence-electron chi connectivity index (χ3n) is 3.65. The number of hydrogen-bond donors (Lipinski definition) is 0. The normalized spacial score (nSPS) is 19.3. The van der Waals surface area contributed by atoms with Gasteiger partial charge in [-0.1, -0.05) is 18.2 Å².